The monoisotopic (exact) mass is 246 g/mol. The van der Waals surface area contributed by atoms with Crippen molar-refractivity contribution in [3.63, 3.8) is 0 Å². The average molecular weight is 246 g/mol. The second-order valence-corrected chi connectivity index (χ2v) is 5.32. The maximum atomic E-state index is 8.59. The van der Waals surface area contributed by atoms with Crippen LogP contribution in [0.3, 0.4) is 0 Å². The highest BCUT2D eigenvalue weighted by Crippen LogP contribution is 2.25. The number of aliphatic hydroxyl groups is 1. The van der Waals surface area contributed by atoms with Crippen LogP contribution < -0.4 is 0 Å². The van der Waals surface area contributed by atoms with Crippen molar-refractivity contribution in [2.24, 2.45) is 5.92 Å². The van der Waals surface area contributed by atoms with Crippen molar-refractivity contribution in [2.45, 2.75) is 59.0 Å². The smallest absolute Gasteiger partial charge is 0.0707 e. The van der Waals surface area contributed by atoms with Gasteiger partial charge in [-0.3, -0.25) is 0 Å². The van der Waals surface area contributed by atoms with E-state index in [0.29, 0.717) is 19.8 Å². The van der Waals surface area contributed by atoms with Crippen LogP contribution in [-0.2, 0) is 9.47 Å². The van der Waals surface area contributed by atoms with Crippen molar-refractivity contribution >= 4 is 0 Å². The predicted octanol–water partition coefficient (Wildman–Crippen LogP) is 3.01. The maximum absolute atomic E-state index is 8.59. The lowest BCUT2D eigenvalue weighted by atomic mass is 9.91. The Kier molecular flexibility index (Phi) is 9.79. The van der Waals surface area contributed by atoms with Gasteiger partial charge in [0.25, 0.3) is 0 Å². The van der Waals surface area contributed by atoms with E-state index in [-0.39, 0.29) is 12.2 Å². The molecule has 104 valence electrons. The van der Waals surface area contributed by atoms with Crippen LogP contribution in [0.5, 0.6) is 0 Å². The molecule has 0 aliphatic rings. The summed E-state index contributed by atoms with van der Waals surface area (Å²) in [4.78, 5) is 0. The molecule has 0 aromatic carbocycles. The zero-order chi connectivity index (χ0) is 13.1. The summed E-state index contributed by atoms with van der Waals surface area (Å²) in [6.45, 7) is 10.6. The first kappa shape index (κ1) is 16.9. The lowest BCUT2D eigenvalue weighted by Gasteiger charge is -2.30. The number of aliphatic hydroxyl groups excluding tert-OH is 1. The van der Waals surface area contributed by atoms with Crippen LogP contribution in [0.1, 0.15) is 53.4 Å². The van der Waals surface area contributed by atoms with Crippen LogP contribution in [0.15, 0.2) is 0 Å². The molecule has 0 heterocycles. The van der Waals surface area contributed by atoms with E-state index in [4.69, 9.17) is 14.6 Å². The molecule has 0 spiro atoms. The standard InChI is InChI=1S/C14H30O3/c1-5-7-14(4,8-6-13(2)3)17-12-11-16-10-9-15/h13,15H,5-12H2,1-4H3. The first-order valence-electron chi connectivity index (χ1n) is 6.86. The Morgan fingerprint density at radius 2 is 1.82 bits per heavy atom. The molecule has 0 aliphatic carbocycles. The zero-order valence-corrected chi connectivity index (χ0v) is 12.0. The van der Waals surface area contributed by atoms with Gasteiger partial charge in [0.2, 0.25) is 0 Å². The van der Waals surface area contributed by atoms with E-state index in [1.165, 1.54) is 6.42 Å². The molecule has 0 radical (unpaired) electrons. The quantitative estimate of drug-likeness (QED) is 0.570. The molecule has 3 heteroatoms. The summed E-state index contributed by atoms with van der Waals surface area (Å²) in [6, 6.07) is 0. The van der Waals surface area contributed by atoms with Crippen molar-refractivity contribution in [3.8, 4) is 0 Å². The van der Waals surface area contributed by atoms with E-state index in [2.05, 4.69) is 27.7 Å². The van der Waals surface area contributed by atoms with Crippen LogP contribution in [0.4, 0.5) is 0 Å². The molecule has 1 unspecified atom stereocenters. The van der Waals surface area contributed by atoms with Gasteiger partial charge in [-0.05, 0) is 32.1 Å². The minimum atomic E-state index is -0.0123. The van der Waals surface area contributed by atoms with Crippen LogP contribution in [-0.4, -0.2) is 37.1 Å². The Bertz CT molecular complexity index is 171. The molecule has 0 saturated heterocycles. The normalized spacial score (nSPS) is 15.2. The van der Waals surface area contributed by atoms with Gasteiger partial charge < -0.3 is 14.6 Å². The van der Waals surface area contributed by atoms with E-state index in [1.807, 2.05) is 0 Å². The topological polar surface area (TPSA) is 38.7 Å². The van der Waals surface area contributed by atoms with Crippen LogP contribution in [0.2, 0.25) is 0 Å². The van der Waals surface area contributed by atoms with Crippen molar-refractivity contribution < 1.29 is 14.6 Å². The third kappa shape index (κ3) is 9.57. The Labute approximate surface area is 107 Å². The van der Waals surface area contributed by atoms with E-state index >= 15 is 0 Å². The van der Waals surface area contributed by atoms with Crippen LogP contribution in [0, 0.1) is 5.92 Å². The largest absolute Gasteiger partial charge is 0.394 e. The first-order valence-corrected chi connectivity index (χ1v) is 6.86. The fourth-order valence-corrected chi connectivity index (χ4v) is 1.91. The fraction of sp³-hybridized carbons (Fsp3) is 1.00. The summed E-state index contributed by atoms with van der Waals surface area (Å²) < 4.78 is 11.2. The highest BCUT2D eigenvalue weighted by Gasteiger charge is 2.23. The van der Waals surface area contributed by atoms with E-state index in [0.717, 1.165) is 25.2 Å². The van der Waals surface area contributed by atoms with Gasteiger partial charge in [0, 0.05) is 0 Å². The van der Waals surface area contributed by atoms with Crippen LogP contribution in [0.25, 0.3) is 0 Å². The molecule has 1 N–H and O–H groups in total. The summed E-state index contributed by atoms with van der Waals surface area (Å²) in [7, 11) is 0. The van der Waals surface area contributed by atoms with Gasteiger partial charge in [-0.15, -0.1) is 0 Å². The maximum Gasteiger partial charge on any atom is 0.0707 e. The molecule has 0 rings (SSSR count). The summed E-state index contributed by atoms with van der Waals surface area (Å²) in [5.74, 6) is 0.723. The third-order valence-corrected chi connectivity index (χ3v) is 2.94. The molecule has 0 saturated carbocycles. The molecular formula is C14H30O3. The third-order valence-electron chi connectivity index (χ3n) is 2.94. The van der Waals surface area contributed by atoms with Crippen molar-refractivity contribution in [1.29, 1.82) is 0 Å². The molecule has 1 atom stereocenters. The van der Waals surface area contributed by atoms with E-state index in [9.17, 15) is 0 Å². The Balaban J connectivity index is 3.85. The van der Waals surface area contributed by atoms with Gasteiger partial charge in [-0.25, -0.2) is 0 Å². The Morgan fingerprint density at radius 3 is 2.35 bits per heavy atom. The lowest BCUT2D eigenvalue weighted by Crippen LogP contribution is -2.30. The summed E-state index contributed by atoms with van der Waals surface area (Å²) in [6.07, 6.45) is 4.55. The van der Waals surface area contributed by atoms with Gasteiger partial charge in [-0.2, -0.15) is 0 Å². The minimum absolute atomic E-state index is 0.0123. The number of hydrogen-bond acceptors (Lipinski definition) is 3. The van der Waals surface area contributed by atoms with Crippen molar-refractivity contribution in [3.05, 3.63) is 0 Å². The molecule has 0 fully saturated rings. The van der Waals surface area contributed by atoms with Crippen LogP contribution >= 0.6 is 0 Å². The summed E-state index contributed by atoms with van der Waals surface area (Å²) in [5.41, 5.74) is -0.0123. The van der Waals surface area contributed by atoms with E-state index < -0.39 is 0 Å². The fourth-order valence-electron chi connectivity index (χ4n) is 1.91. The molecule has 0 amide bonds. The van der Waals surface area contributed by atoms with Gasteiger partial charge >= 0.3 is 0 Å². The minimum Gasteiger partial charge on any atom is -0.394 e. The molecule has 0 aromatic heterocycles. The summed E-state index contributed by atoms with van der Waals surface area (Å²) in [5, 5.41) is 8.59. The molecule has 17 heavy (non-hydrogen) atoms. The SMILES string of the molecule is CCCC(C)(CCC(C)C)OCCOCCO. The first-order chi connectivity index (χ1) is 8.04. The Morgan fingerprint density at radius 1 is 1.12 bits per heavy atom. The number of hydrogen-bond donors (Lipinski definition) is 1. The molecular weight excluding hydrogens is 216 g/mol. The second kappa shape index (κ2) is 9.86. The van der Waals surface area contributed by atoms with Gasteiger partial charge in [0.1, 0.15) is 0 Å². The highest BCUT2D eigenvalue weighted by molar-refractivity contribution is 4.75. The van der Waals surface area contributed by atoms with Gasteiger partial charge in [0.15, 0.2) is 0 Å². The lowest BCUT2D eigenvalue weighted by molar-refractivity contribution is -0.0707. The van der Waals surface area contributed by atoms with Crippen molar-refractivity contribution in [2.75, 3.05) is 26.4 Å². The van der Waals surface area contributed by atoms with Gasteiger partial charge in [0.05, 0.1) is 32.0 Å². The average Bonchev–Trinajstić information content (AvgIpc) is 2.27. The Hall–Kier alpha value is -0.120. The molecule has 0 aliphatic heterocycles. The molecule has 0 aromatic rings. The molecule has 0 bridgehead atoms. The highest BCUT2D eigenvalue weighted by atomic mass is 16.5. The van der Waals surface area contributed by atoms with Gasteiger partial charge in [-0.1, -0.05) is 27.2 Å². The van der Waals surface area contributed by atoms with E-state index in [1.54, 1.807) is 0 Å². The number of ether oxygens (including phenoxy) is 2. The predicted molar refractivity (Wildman–Crippen MR) is 71.2 cm³/mol. The summed E-state index contributed by atoms with van der Waals surface area (Å²) >= 11 is 0. The molecule has 3 nitrogen and oxygen atoms in total. The zero-order valence-electron chi connectivity index (χ0n) is 12.0. The second-order valence-electron chi connectivity index (χ2n) is 5.32. The van der Waals surface area contributed by atoms with Crippen molar-refractivity contribution in [1.82, 2.24) is 0 Å². The number of rotatable bonds is 11.